The Labute approximate surface area is 184 Å². The fourth-order valence-corrected chi connectivity index (χ4v) is 4.03. The van der Waals surface area contributed by atoms with Gasteiger partial charge in [-0.1, -0.05) is 18.2 Å². The maximum atomic E-state index is 13.4. The molecule has 3 aromatic heterocycles. The standard InChI is InChI=1S/C25H21N5O2/c1-16-27-21-14-26-13-12-23(21)30(16)18-10-8-17(9-11-18)24(31)20-15-29(25(32)28(2)3)22-7-5-4-6-19(20)22/h4-15H,1-3H3. The van der Waals surface area contributed by atoms with Crippen molar-refractivity contribution >= 4 is 33.8 Å². The number of amides is 1. The van der Waals surface area contributed by atoms with Gasteiger partial charge in [-0.25, -0.2) is 9.78 Å². The van der Waals surface area contributed by atoms with E-state index in [-0.39, 0.29) is 11.8 Å². The number of para-hydroxylation sites is 1. The summed E-state index contributed by atoms with van der Waals surface area (Å²) in [6.07, 6.45) is 5.11. The third kappa shape index (κ3) is 3.06. The van der Waals surface area contributed by atoms with Crippen LogP contribution < -0.4 is 0 Å². The first kappa shape index (κ1) is 19.7. The number of carbonyl (C=O) groups is 2. The minimum Gasteiger partial charge on any atom is -0.330 e. The molecule has 0 unspecified atom stereocenters. The van der Waals surface area contributed by atoms with E-state index >= 15 is 0 Å². The number of aromatic nitrogens is 4. The topological polar surface area (TPSA) is 73.0 Å². The van der Waals surface area contributed by atoms with E-state index in [0.29, 0.717) is 16.6 Å². The van der Waals surface area contributed by atoms with Gasteiger partial charge in [0.15, 0.2) is 5.78 Å². The summed E-state index contributed by atoms with van der Waals surface area (Å²) in [5.74, 6) is 0.715. The summed E-state index contributed by atoms with van der Waals surface area (Å²) < 4.78 is 3.55. The summed E-state index contributed by atoms with van der Waals surface area (Å²) in [4.78, 5) is 36.2. The van der Waals surface area contributed by atoms with Gasteiger partial charge in [0.05, 0.1) is 17.2 Å². The molecule has 32 heavy (non-hydrogen) atoms. The van der Waals surface area contributed by atoms with Crippen LogP contribution in [0.3, 0.4) is 0 Å². The van der Waals surface area contributed by atoms with Gasteiger partial charge in [-0.05, 0) is 43.3 Å². The largest absolute Gasteiger partial charge is 0.330 e. The van der Waals surface area contributed by atoms with Crippen molar-refractivity contribution < 1.29 is 9.59 Å². The fraction of sp³-hybridized carbons (Fsp3) is 0.120. The maximum Gasteiger partial charge on any atom is 0.328 e. The molecule has 5 aromatic rings. The summed E-state index contributed by atoms with van der Waals surface area (Å²) in [6.45, 7) is 1.94. The van der Waals surface area contributed by atoms with E-state index in [1.165, 1.54) is 9.47 Å². The van der Waals surface area contributed by atoms with Crippen molar-refractivity contribution in [3.8, 4) is 5.69 Å². The van der Waals surface area contributed by atoms with Crippen LogP contribution in [0.15, 0.2) is 73.2 Å². The molecule has 158 valence electrons. The van der Waals surface area contributed by atoms with Crippen LogP contribution in [0.4, 0.5) is 4.79 Å². The zero-order valence-corrected chi connectivity index (χ0v) is 18.0. The van der Waals surface area contributed by atoms with E-state index < -0.39 is 0 Å². The number of ketones is 1. The third-order valence-electron chi connectivity index (χ3n) is 5.56. The molecule has 0 aliphatic carbocycles. The number of nitrogens with zero attached hydrogens (tertiary/aromatic N) is 5. The first-order chi connectivity index (χ1) is 15.5. The molecule has 7 nitrogen and oxygen atoms in total. The van der Waals surface area contributed by atoms with Gasteiger partial charge in [-0.2, -0.15) is 0 Å². The van der Waals surface area contributed by atoms with Crippen LogP contribution in [0.1, 0.15) is 21.7 Å². The Morgan fingerprint density at radius 2 is 1.69 bits per heavy atom. The molecule has 0 saturated carbocycles. The van der Waals surface area contributed by atoms with Gasteiger partial charge in [0.25, 0.3) is 0 Å². The molecule has 5 rings (SSSR count). The number of fused-ring (bicyclic) bond motifs is 2. The van der Waals surface area contributed by atoms with Crippen LogP contribution in [-0.2, 0) is 0 Å². The van der Waals surface area contributed by atoms with E-state index in [9.17, 15) is 9.59 Å². The number of benzene rings is 2. The molecule has 1 amide bonds. The summed E-state index contributed by atoms with van der Waals surface area (Å²) in [7, 11) is 3.38. The average molecular weight is 423 g/mol. The van der Waals surface area contributed by atoms with E-state index in [0.717, 1.165) is 27.9 Å². The second-order valence-corrected chi connectivity index (χ2v) is 7.84. The second-order valence-electron chi connectivity index (χ2n) is 7.84. The Morgan fingerprint density at radius 3 is 2.44 bits per heavy atom. The van der Waals surface area contributed by atoms with E-state index in [4.69, 9.17) is 0 Å². The van der Waals surface area contributed by atoms with Crippen LogP contribution in [0.5, 0.6) is 0 Å². The van der Waals surface area contributed by atoms with E-state index in [2.05, 4.69) is 9.97 Å². The number of aryl methyl sites for hydroxylation is 1. The third-order valence-corrected chi connectivity index (χ3v) is 5.56. The smallest absolute Gasteiger partial charge is 0.328 e. The molecule has 0 aliphatic heterocycles. The van der Waals surface area contributed by atoms with Gasteiger partial charge in [0.1, 0.15) is 11.3 Å². The Bertz CT molecular complexity index is 1490. The van der Waals surface area contributed by atoms with Crippen LogP contribution in [0, 0.1) is 6.92 Å². The van der Waals surface area contributed by atoms with Gasteiger partial charge >= 0.3 is 6.03 Å². The fourth-order valence-electron chi connectivity index (χ4n) is 4.03. The van der Waals surface area contributed by atoms with Crippen LogP contribution in [0.2, 0.25) is 0 Å². The predicted molar refractivity (Wildman–Crippen MR) is 123 cm³/mol. The van der Waals surface area contributed by atoms with E-state index in [1.54, 1.807) is 32.7 Å². The Hall–Kier alpha value is -4.26. The Kier molecular flexibility index (Phi) is 4.59. The van der Waals surface area contributed by atoms with Crippen molar-refractivity contribution in [2.24, 2.45) is 0 Å². The highest BCUT2D eigenvalue weighted by molar-refractivity contribution is 6.17. The molecule has 0 saturated heterocycles. The lowest BCUT2D eigenvalue weighted by Crippen LogP contribution is -2.26. The zero-order valence-electron chi connectivity index (χ0n) is 18.0. The van der Waals surface area contributed by atoms with Crippen molar-refractivity contribution in [3.63, 3.8) is 0 Å². The number of carbonyl (C=O) groups excluding carboxylic acids is 2. The highest BCUT2D eigenvalue weighted by atomic mass is 16.2. The maximum absolute atomic E-state index is 13.4. The number of hydrogen-bond donors (Lipinski definition) is 0. The number of hydrogen-bond acceptors (Lipinski definition) is 4. The monoisotopic (exact) mass is 423 g/mol. The summed E-state index contributed by atoms with van der Waals surface area (Å²) in [5.41, 5.74) is 4.46. The van der Waals surface area contributed by atoms with Crippen LogP contribution in [-0.4, -0.2) is 49.9 Å². The van der Waals surface area contributed by atoms with Crippen LogP contribution in [0.25, 0.3) is 27.6 Å². The number of rotatable bonds is 3. The minimum absolute atomic E-state index is 0.130. The van der Waals surface area contributed by atoms with Gasteiger partial charge in [-0.15, -0.1) is 0 Å². The SMILES string of the molecule is Cc1nc2cnccc2n1-c1ccc(C(=O)c2cn(C(=O)N(C)C)c3ccccc23)cc1. The van der Waals surface area contributed by atoms with Crippen molar-refractivity contribution in [3.05, 3.63) is 90.1 Å². The molecule has 0 aliphatic rings. The van der Waals surface area contributed by atoms with Gasteiger partial charge in [0.2, 0.25) is 0 Å². The first-order valence-electron chi connectivity index (χ1n) is 10.2. The molecular formula is C25H21N5O2. The molecule has 3 heterocycles. The molecule has 0 spiro atoms. The summed E-state index contributed by atoms with van der Waals surface area (Å²) in [6, 6.07) is 16.6. The summed E-state index contributed by atoms with van der Waals surface area (Å²) >= 11 is 0. The first-order valence-corrected chi connectivity index (χ1v) is 10.2. The molecule has 0 fully saturated rings. The quantitative estimate of drug-likeness (QED) is 0.402. The van der Waals surface area contributed by atoms with Gasteiger partial charge in [0, 0.05) is 48.7 Å². The molecule has 0 N–H and O–H groups in total. The van der Waals surface area contributed by atoms with Crippen molar-refractivity contribution in [2.75, 3.05) is 14.1 Å². The van der Waals surface area contributed by atoms with Gasteiger partial charge < -0.3 is 4.90 Å². The highest BCUT2D eigenvalue weighted by Crippen LogP contribution is 2.26. The van der Waals surface area contributed by atoms with E-state index in [1.807, 2.05) is 66.1 Å². The Balaban J connectivity index is 1.56. The lowest BCUT2D eigenvalue weighted by molar-refractivity contribution is 0.104. The molecule has 0 bridgehead atoms. The number of pyridine rings is 1. The molecule has 7 heteroatoms. The van der Waals surface area contributed by atoms with Gasteiger partial charge in [-0.3, -0.25) is 18.9 Å². The lowest BCUT2D eigenvalue weighted by atomic mass is 10.0. The van der Waals surface area contributed by atoms with Crippen molar-refractivity contribution in [1.82, 2.24) is 24.0 Å². The van der Waals surface area contributed by atoms with Crippen molar-refractivity contribution in [2.45, 2.75) is 6.92 Å². The normalized spacial score (nSPS) is 11.2. The highest BCUT2D eigenvalue weighted by Gasteiger charge is 2.20. The molecule has 0 atom stereocenters. The van der Waals surface area contributed by atoms with Crippen LogP contribution >= 0.6 is 0 Å². The number of imidazole rings is 1. The average Bonchev–Trinajstić information content (AvgIpc) is 3.35. The predicted octanol–water partition coefficient (Wildman–Crippen LogP) is 4.44. The molecule has 0 radical (unpaired) electrons. The minimum atomic E-state index is -0.201. The van der Waals surface area contributed by atoms with Crippen molar-refractivity contribution in [1.29, 1.82) is 0 Å². The molecule has 2 aromatic carbocycles. The zero-order chi connectivity index (χ0) is 22.4. The lowest BCUT2D eigenvalue weighted by Gasteiger charge is -2.11. The second kappa shape index (κ2) is 7.46. The Morgan fingerprint density at radius 1 is 0.938 bits per heavy atom. The summed E-state index contributed by atoms with van der Waals surface area (Å²) in [5, 5.41) is 0.751. The molecular weight excluding hydrogens is 402 g/mol.